The highest BCUT2D eigenvalue weighted by molar-refractivity contribution is 7.13. The summed E-state index contributed by atoms with van der Waals surface area (Å²) >= 11 is 1.39. The summed E-state index contributed by atoms with van der Waals surface area (Å²) in [6.45, 7) is 6.98. The van der Waals surface area contributed by atoms with Gasteiger partial charge in [0.05, 0.1) is 5.69 Å². The average Bonchev–Trinajstić information content (AvgIpc) is 2.47. The third-order valence-electron chi connectivity index (χ3n) is 1.27. The van der Waals surface area contributed by atoms with E-state index in [-0.39, 0.29) is 0 Å². The van der Waals surface area contributed by atoms with Crippen molar-refractivity contribution in [2.75, 3.05) is 5.73 Å². The van der Waals surface area contributed by atoms with Crippen LogP contribution >= 0.6 is 11.3 Å². The molecule has 0 fully saturated rings. The maximum atomic E-state index is 5.47. The van der Waals surface area contributed by atoms with Crippen molar-refractivity contribution >= 4 is 28.8 Å². The van der Waals surface area contributed by atoms with E-state index < -0.39 is 0 Å². The van der Waals surface area contributed by atoms with Gasteiger partial charge in [0.25, 0.3) is 0 Å². The van der Waals surface area contributed by atoms with Crippen LogP contribution in [0.1, 0.15) is 5.69 Å². The quantitative estimate of drug-likeness (QED) is 0.569. The van der Waals surface area contributed by atoms with Gasteiger partial charge in [-0.25, -0.2) is 4.98 Å². The zero-order valence-electron chi connectivity index (χ0n) is 6.53. The normalized spacial score (nSPS) is 11.2. The Bertz CT molecular complexity index is 325. The topological polar surface area (TPSA) is 51.3 Å². The number of nitrogens with two attached hydrogens (primary N) is 1. The third kappa shape index (κ3) is 1.79. The summed E-state index contributed by atoms with van der Waals surface area (Å²) in [6.07, 6.45) is 3.27. The first kappa shape index (κ1) is 8.67. The molecule has 0 bridgehead atoms. The van der Waals surface area contributed by atoms with Gasteiger partial charge in [0, 0.05) is 17.2 Å². The van der Waals surface area contributed by atoms with Crippen LogP contribution in [0, 0.1) is 0 Å². The van der Waals surface area contributed by atoms with Gasteiger partial charge in [-0.15, -0.1) is 11.3 Å². The lowest BCUT2D eigenvalue weighted by atomic mass is 10.2. The molecule has 12 heavy (non-hydrogen) atoms. The summed E-state index contributed by atoms with van der Waals surface area (Å²) in [5, 5.41) is 2.40. The molecular weight excluding hydrogens is 170 g/mol. The van der Waals surface area contributed by atoms with Crippen molar-refractivity contribution in [3.8, 4) is 0 Å². The number of aliphatic imine (C=N–C) groups is 1. The van der Waals surface area contributed by atoms with Crippen molar-refractivity contribution in [1.29, 1.82) is 0 Å². The zero-order chi connectivity index (χ0) is 8.97. The number of hydrogen-bond acceptors (Lipinski definition) is 4. The molecule has 0 aliphatic rings. The summed E-state index contributed by atoms with van der Waals surface area (Å²) in [4.78, 5) is 7.70. The highest BCUT2D eigenvalue weighted by Gasteiger charge is 2.00. The molecule has 1 aromatic rings. The van der Waals surface area contributed by atoms with Gasteiger partial charge in [-0.3, -0.25) is 4.99 Å². The number of nitrogens with zero attached hydrogens (tertiary/aromatic N) is 2. The fourth-order valence-corrected chi connectivity index (χ4v) is 1.31. The van der Waals surface area contributed by atoms with E-state index in [1.807, 2.05) is 5.38 Å². The Morgan fingerprint density at radius 1 is 1.75 bits per heavy atom. The molecule has 0 radical (unpaired) electrons. The molecule has 3 nitrogen and oxygen atoms in total. The summed E-state index contributed by atoms with van der Waals surface area (Å²) in [6, 6.07) is 0. The molecule has 4 heteroatoms. The van der Waals surface area contributed by atoms with Gasteiger partial charge in [0.1, 0.15) is 0 Å². The molecule has 0 unspecified atom stereocenters. The molecule has 0 spiro atoms. The predicted molar refractivity (Wildman–Crippen MR) is 54.2 cm³/mol. The number of allylic oxidation sites excluding steroid dienone is 2. The number of rotatable bonds is 3. The lowest BCUT2D eigenvalue weighted by molar-refractivity contribution is 1.36. The number of anilines is 1. The van der Waals surface area contributed by atoms with Crippen LogP contribution in [0.5, 0.6) is 0 Å². The van der Waals surface area contributed by atoms with Crippen molar-refractivity contribution in [1.82, 2.24) is 4.98 Å². The van der Waals surface area contributed by atoms with Gasteiger partial charge in [-0.2, -0.15) is 0 Å². The molecule has 1 aromatic heterocycles. The van der Waals surface area contributed by atoms with Gasteiger partial charge in [0.15, 0.2) is 5.13 Å². The van der Waals surface area contributed by atoms with Crippen molar-refractivity contribution in [3.63, 3.8) is 0 Å². The van der Waals surface area contributed by atoms with Crippen molar-refractivity contribution in [3.05, 3.63) is 29.9 Å². The Labute approximate surface area is 75.0 Å². The van der Waals surface area contributed by atoms with Crippen LogP contribution in [0.3, 0.4) is 0 Å². The van der Waals surface area contributed by atoms with Crippen molar-refractivity contribution in [2.45, 2.75) is 0 Å². The average molecular weight is 179 g/mol. The molecule has 0 aliphatic carbocycles. The van der Waals surface area contributed by atoms with E-state index in [4.69, 9.17) is 5.73 Å². The Morgan fingerprint density at radius 2 is 2.50 bits per heavy atom. The van der Waals surface area contributed by atoms with Gasteiger partial charge in [-0.05, 0) is 6.72 Å². The minimum atomic E-state index is 0.543. The second-order valence-electron chi connectivity index (χ2n) is 2.04. The molecule has 1 rings (SSSR count). The first-order valence-electron chi connectivity index (χ1n) is 3.27. The second-order valence-corrected chi connectivity index (χ2v) is 2.93. The maximum absolute atomic E-state index is 5.47. The van der Waals surface area contributed by atoms with Crippen LogP contribution in [0.2, 0.25) is 0 Å². The van der Waals surface area contributed by atoms with E-state index in [1.165, 1.54) is 11.3 Å². The minimum absolute atomic E-state index is 0.543. The smallest absolute Gasteiger partial charge is 0.180 e. The summed E-state index contributed by atoms with van der Waals surface area (Å²) < 4.78 is 0. The molecule has 0 aromatic carbocycles. The number of nitrogen functional groups attached to an aromatic ring is 1. The minimum Gasteiger partial charge on any atom is -0.375 e. The molecular formula is C8H9N3S. The Morgan fingerprint density at radius 3 is 2.92 bits per heavy atom. The van der Waals surface area contributed by atoms with E-state index >= 15 is 0 Å². The van der Waals surface area contributed by atoms with Crippen molar-refractivity contribution in [2.24, 2.45) is 4.99 Å². The zero-order valence-corrected chi connectivity index (χ0v) is 7.34. The van der Waals surface area contributed by atoms with Gasteiger partial charge >= 0.3 is 0 Å². The summed E-state index contributed by atoms with van der Waals surface area (Å²) in [5.74, 6) is 0. The Kier molecular flexibility index (Phi) is 2.76. The third-order valence-corrected chi connectivity index (χ3v) is 1.94. The molecule has 0 saturated heterocycles. The van der Waals surface area contributed by atoms with Crippen LogP contribution in [-0.4, -0.2) is 11.7 Å². The lowest BCUT2D eigenvalue weighted by Gasteiger charge is -1.92. The Balaban J connectivity index is 3.02. The molecule has 62 valence electrons. The largest absolute Gasteiger partial charge is 0.375 e. The van der Waals surface area contributed by atoms with Crippen LogP contribution in [0.25, 0.3) is 5.57 Å². The maximum Gasteiger partial charge on any atom is 0.180 e. The standard InChI is InChI=1S/C8H9N3S/c1-3-6(4-10-2)7-5-12-8(9)11-7/h3-5H,1-2H2,(H2,9,11)/b6-4+. The van der Waals surface area contributed by atoms with E-state index in [0.717, 1.165) is 11.3 Å². The Hall–Kier alpha value is -1.42. The number of hydrogen-bond donors (Lipinski definition) is 1. The fraction of sp³-hybridized carbons (Fsp3) is 0. The van der Waals surface area contributed by atoms with E-state index in [1.54, 1.807) is 12.3 Å². The second kappa shape index (κ2) is 3.82. The first-order chi connectivity index (χ1) is 5.77. The lowest BCUT2D eigenvalue weighted by Crippen LogP contribution is -1.84. The van der Waals surface area contributed by atoms with Gasteiger partial charge in [0.2, 0.25) is 0 Å². The number of aromatic nitrogens is 1. The van der Waals surface area contributed by atoms with Crippen LogP contribution < -0.4 is 5.73 Å². The molecule has 0 aliphatic heterocycles. The van der Waals surface area contributed by atoms with Crippen LogP contribution in [-0.2, 0) is 0 Å². The fourth-order valence-electron chi connectivity index (χ4n) is 0.742. The van der Waals surface area contributed by atoms with Gasteiger partial charge in [-0.1, -0.05) is 12.7 Å². The van der Waals surface area contributed by atoms with Gasteiger partial charge < -0.3 is 5.73 Å². The summed E-state index contributed by atoms with van der Waals surface area (Å²) in [7, 11) is 0. The number of thiazole rings is 1. The predicted octanol–water partition coefficient (Wildman–Crippen LogP) is 1.95. The molecule has 0 saturated carbocycles. The van der Waals surface area contributed by atoms with Crippen molar-refractivity contribution < 1.29 is 0 Å². The highest BCUT2D eigenvalue weighted by atomic mass is 32.1. The molecule has 1 heterocycles. The SMILES string of the molecule is C=C/C(=C\N=C)c1csc(N)n1. The molecule has 0 atom stereocenters. The van der Waals surface area contributed by atoms with Crippen LogP contribution in [0.4, 0.5) is 5.13 Å². The molecule has 0 amide bonds. The first-order valence-corrected chi connectivity index (χ1v) is 4.15. The monoisotopic (exact) mass is 179 g/mol. The summed E-state index contributed by atoms with van der Waals surface area (Å²) in [5.41, 5.74) is 7.09. The van der Waals surface area contributed by atoms with Crippen LogP contribution in [0.15, 0.2) is 29.2 Å². The van der Waals surface area contributed by atoms with E-state index in [2.05, 4.69) is 23.3 Å². The van der Waals surface area contributed by atoms with E-state index in [9.17, 15) is 0 Å². The van der Waals surface area contributed by atoms with E-state index in [0.29, 0.717) is 5.13 Å². The molecule has 2 N–H and O–H groups in total. The highest BCUT2D eigenvalue weighted by Crippen LogP contribution is 2.19.